The third kappa shape index (κ3) is 3.53. The van der Waals surface area contributed by atoms with Crippen molar-refractivity contribution in [1.29, 1.82) is 0 Å². The average molecular weight is 289 g/mol. The van der Waals surface area contributed by atoms with Gasteiger partial charge in [0, 0.05) is 11.8 Å². The molecular formula is C12H15N7O2. The fourth-order valence-corrected chi connectivity index (χ4v) is 1.42. The van der Waals surface area contributed by atoms with E-state index < -0.39 is 5.91 Å². The lowest BCUT2D eigenvalue weighted by molar-refractivity contribution is -0.117. The van der Waals surface area contributed by atoms with Gasteiger partial charge in [0.25, 0.3) is 11.7 Å². The van der Waals surface area contributed by atoms with Gasteiger partial charge in [0.2, 0.25) is 5.91 Å². The number of hydrogen-bond acceptors (Lipinski definition) is 5. The Balaban J connectivity index is 1.87. The number of amides is 2. The van der Waals surface area contributed by atoms with Gasteiger partial charge >= 0.3 is 0 Å². The Labute approximate surface area is 120 Å². The van der Waals surface area contributed by atoms with Crippen molar-refractivity contribution in [2.75, 3.05) is 6.67 Å². The van der Waals surface area contributed by atoms with Crippen molar-refractivity contribution in [2.45, 2.75) is 13.3 Å². The Morgan fingerprint density at radius 3 is 2.90 bits per heavy atom. The Hall–Kier alpha value is -2.97. The van der Waals surface area contributed by atoms with Crippen molar-refractivity contribution in [3.8, 4) is 5.82 Å². The van der Waals surface area contributed by atoms with Gasteiger partial charge in [0.1, 0.15) is 0 Å². The average Bonchev–Trinajstić information content (AvgIpc) is 3.16. The fourth-order valence-electron chi connectivity index (χ4n) is 1.42. The first-order valence-electron chi connectivity index (χ1n) is 6.29. The lowest BCUT2D eigenvalue weighted by Crippen LogP contribution is -2.38. The molecule has 0 radical (unpaired) electrons. The van der Waals surface area contributed by atoms with Gasteiger partial charge < -0.3 is 15.6 Å². The molecule has 0 unspecified atom stereocenters. The summed E-state index contributed by atoms with van der Waals surface area (Å²) in [5.41, 5.74) is 0.445. The summed E-state index contributed by atoms with van der Waals surface area (Å²) in [5, 5.41) is 16.3. The van der Waals surface area contributed by atoms with Crippen LogP contribution in [0.4, 0.5) is 0 Å². The smallest absolute Gasteiger partial charge is 0.294 e. The van der Waals surface area contributed by atoms with Crippen LogP contribution < -0.4 is 10.6 Å². The number of carbonyl (C=O) groups excluding carboxylic acids is 2. The molecule has 0 atom stereocenters. The van der Waals surface area contributed by atoms with E-state index in [2.05, 4.69) is 37.6 Å². The molecule has 2 heterocycles. The maximum Gasteiger partial charge on any atom is 0.294 e. The summed E-state index contributed by atoms with van der Waals surface area (Å²) in [7, 11) is 0. The Morgan fingerprint density at radius 1 is 1.43 bits per heavy atom. The summed E-state index contributed by atoms with van der Waals surface area (Å²) < 4.78 is 0. The molecule has 2 rings (SSSR count). The molecule has 2 amide bonds. The van der Waals surface area contributed by atoms with Gasteiger partial charge in [-0.2, -0.15) is 0 Å². The van der Waals surface area contributed by atoms with Crippen LogP contribution in [0.25, 0.3) is 5.82 Å². The minimum Gasteiger partial charge on any atom is -0.345 e. The van der Waals surface area contributed by atoms with Crippen LogP contribution in [0.2, 0.25) is 0 Å². The number of nitrogens with one attached hydrogen (secondary N) is 3. The second kappa shape index (κ2) is 6.46. The molecule has 0 saturated heterocycles. The van der Waals surface area contributed by atoms with Crippen molar-refractivity contribution in [2.24, 2.45) is 0 Å². The molecule has 0 aliphatic heterocycles. The van der Waals surface area contributed by atoms with Gasteiger partial charge in [0.15, 0.2) is 5.82 Å². The van der Waals surface area contributed by atoms with Crippen LogP contribution in [0.3, 0.4) is 0 Å². The monoisotopic (exact) mass is 289 g/mol. The molecule has 0 fully saturated rings. The van der Waals surface area contributed by atoms with E-state index in [4.69, 9.17) is 0 Å². The number of nitrogens with zero attached hydrogens (tertiary/aromatic N) is 4. The molecule has 0 aliphatic rings. The van der Waals surface area contributed by atoms with E-state index in [1.54, 1.807) is 18.3 Å². The molecule has 2 aromatic rings. The molecular weight excluding hydrogens is 274 g/mol. The van der Waals surface area contributed by atoms with Gasteiger partial charge in [-0.25, -0.2) is 0 Å². The molecule has 2 aromatic heterocycles. The largest absolute Gasteiger partial charge is 0.345 e. The van der Waals surface area contributed by atoms with Crippen molar-refractivity contribution in [3.63, 3.8) is 0 Å². The first-order valence-corrected chi connectivity index (χ1v) is 6.29. The predicted molar refractivity (Wildman–Crippen MR) is 73.4 cm³/mol. The molecule has 0 bridgehead atoms. The van der Waals surface area contributed by atoms with Gasteiger partial charge in [-0.3, -0.25) is 9.59 Å². The maximum atomic E-state index is 11.8. The van der Waals surface area contributed by atoms with E-state index in [1.807, 2.05) is 6.92 Å². The fraction of sp³-hybridized carbons (Fsp3) is 0.250. The summed E-state index contributed by atoms with van der Waals surface area (Å²) in [6.45, 7) is 5.38. The number of rotatable bonds is 6. The molecule has 0 saturated carbocycles. The lowest BCUT2D eigenvalue weighted by Gasteiger charge is -2.06. The zero-order valence-electron chi connectivity index (χ0n) is 11.5. The molecule has 21 heavy (non-hydrogen) atoms. The first-order chi connectivity index (χ1) is 10.1. The van der Waals surface area contributed by atoms with E-state index in [-0.39, 0.29) is 18.4 Å². The van der Waals surface area contributed by atoms with E-state index in [0.29, 0.717) is 17.8 Å². The van der Waals surface area contributed by atoms with E-state index in [1.165, 1.54) is 4.80 Å². The molecule has 110 valence electrons. The van der Waals surface area contributed by atoms with Gasteiger partial charge in [-0.1, -0.05) is 13.5 Å². The highest BCUT2D eigenvalue weighted by molar-refractivity contribution is 5.93. The molecule has 0 aliphatic carbocycles. The molecule has 0 aromatic carbocycles. The van der Waals surface area contributed by atoms with E-state index in [9.17, 15) is 9.59 Å². The lowest BCUT2D eigenvalue weighted by atomic mass is 10.2. The van der Waals surface area contributed by atoms with Crippen LogP contribution in [0.15, 0.2) is 30.5 Å². The van der Waals surface area contributed by atoms with Crippen molar-refractivity contribution in [3.05, 3.63) is 36.3 Å². The molecule has 9 nitrogen and oxygen atoms in total. The number of carbonyl (C=O) groups is 2. The van der Waals surface area contributed by atoms with Crippen LogP contribution in [0.5, 0.6) is 0 Å². The molecule has 9 heteroatoms. The Morgan fingerprint density at radius 2 is 2.24 bits per heavy atom. The van der Waals surface area contributed by atoms with Crippen molar-refractivity contribution >= 4 is 11.8 Å². The quantitative estimate of drug-likeness (QED) is 0.501. The van der Waals surface area contributed by atoms with Crippen molar-refractivity contribution in [1.82, 2.24) is 35.8 Å². The SMILES string of the molecule is C=C(CC)C(=O)NCNC(=O)c1nnn(-c2ccc[nH]2)n1. The van der Waals surface area contributed by atoms with Gasteiger partial charge in [-0.05, 0) is 23.8 Å². The predicted octanol–water partition coefficient (Wildman–Crippen LogP) is -0.240. The Bertz CT molecular complexity index is 644. The standard InChI is InChI=1S/C12H15N7O2/c1-3-8(2)11(20)14-7-15-12(21)10-16-18-19(17-10)9-5-4-6-13-9/h4-6,13H,2-3,7H2,1H3,(H,14,20)(H,15,21). The van der Waals surface area contributed by atoms with E-state index in [0.717, 1.165) is 0 Å². The minimum atomic E-state index is -0.532. The zero-order chi connectivity index (χ0) is 15.2. The number of tetrazole rings is 1. The third-order valence-corrected chi connectivity index (χ3v) is 2.66. The summed E-state index contributed by atoms with van der Waals surface area (Å²) in [5.74, 6) is -0.335. The number of H-pyrrole nitrogens is 1. The minimum absolute atomic E-state index is 0.0340. The highest BCUT2D eigenvalue weighted by atomic mass is 16.2. The second-order valence-electron chi connectivity index (χ2n) is 4.10. The number of hydrogen-bond donors (Lipinski definition) is 3. The highest BCUT2D eigenvalue weighted by Gasteiger charge is 2.13. The van der Waals surface area contributed by atoms with Crippen molar-refractivity contribution < 1.29 is 9.59 Å². The van der Waals surface area contributed by atoms with Crippen LogP contribution in [0, 0.1) is 0 Å². The Kier molecular flexibility index (Phi) is 4.44. The first kappa shape index (κ1) is 14.4. The summed E-state index contributed by atoms with van der Waals surface area (Å²) >= 11 is 0. The van der Waals surface area contributed by atoms with E-state index >= 15 is 0 Å². The molecule has 3 N–H and O–H groups in total. The third-order valence-electron chi connectivity index (χ3n) is 2.66. The number of aromatic nitrogens is 5. The highest BCUT2D eigenvalue weighted by Crippen LogP contribution is 1.99. The maximum absolute atomic E-state index is 11.8. The van der Waals surface area contributed by atoms with Gasteiger partial charge in [-0.15, -0.1) is 15.0 Å². The summed E-state index contributed by atoms with van der Waals surface area (Å²) in [6.07, 6.45) is 2.25. The molecule has 0 spiro atoms. The number of aromatic amines is 1. The van der Waals surface area contributed by atoms with Crippen LogP contribution >= 0.6 is 0 Å². The second-order valence-corrected chi connectivity index (χ2v) is 4.10. The van der Waals surface area contributed by atoms with Crippen LogP contribution in [-0.2, 0) is 4.79 Å². The summed E-state index contributed by atoms with van der Waals surface area (Å²) in [6, 6.07) is 3.51. The van der Waals surface area contributed by atoms with Crippen LogP contribution in [0.1, 0.15) is 24.0 Å². The van der Waals surface area contributed by atoms with Crippen LogP contribution in [-0.4, -0.2) is 43.7 Å². The summed E-state index contributed by atoms with van der Waals surface area (Å²) in [4.78, 5) is 27.3. The van der Waals surface area contributed by atoms with Gasteiger partial charge in [0.05, 0.1) is 6.67 Å². The normalized spacial score (nSPS) is 10.1. The zero-order valence-corrected chi connectivity index (χ0v) is 11.5. The topological polar surface area (TPSA) is 118 Å².